The molecule has 0 saturated carbocycles. The molecule has 2 aromatic rings. The van der Waals surface area contributed by atoms with Crippen LogP contribution in [0.4, 0.5) is 10.7 Å². The first kappa shape index (κ1) is 18.1. The van der Waals surface area contributed by atoms with Crippen molar-refractivity contribution in [3.05, 3.63) is 40.8 Å². The molecule has 26 heavy (non-hydrogen) atoms. The molecule has 2 atom stereocenters. The van der Waals surface area contributed by atoms with E-state index in [4.69, 9.17) is 5.73 Å². The van der Waals surface area contributed by atoms with Crippen molar-refractivity contribution in [3.8, 4) is 0 Å². The van der Waals surface area contributed by atoms with Gasteiger partial charge in [-0.15, -0.1) is 11.3 Å². The molecule has 0 bridgehead atoms. The molecule has 1 aliphatic heterocycles. The Morgan fingerprint density at radius 2 is 2.15 bits per heavy atom. The van der Waals surface area contributed by atoms with Crippen LogP contribution < -0.4 is 21.3 Å². The number of nitrogens with two attached hydrogens (primary N) is 1. The maximum Gasteiger partial charge on any atom is 0.312 e. The Labute approximate surface area is 155 Å². The van der Waals surface area contributed by atoms with Gasteiger partial charge in [-0.2, -0.15) is 0 Å². The lowest BCUT2D eigenvalue weighted by Crippen LogP contribution is -2.49. The molecule has 8 nitrogen and oxygen atoms in total. The molecule has 1 saturated heterocycles. The number of nitrogens with one attached hydrogen (secondary N) is 2. The summed E-state index contributed by atoms with van der Waals surface area (Å²) in [4.78, 5) is 35.3. The summed E-state index contributed by atoms with van der Waals surface area (Å²) in [7, 11) is 0. The number of rotatable bonds is 6. The van der Waals surface area contributed by atoms with Gasteiger partial charge in [0.2, 0.25) is 11.9 Å². The minimum atomic E-state index is -0.638. The lowest BCUT2D eigenvalue weighted by atomic mass is 10.1. The molecule has 0 aromatic carbocycles. The van der Waals surface area contributed by atoms with Crippen molar-refractivity contribution in [2.45, 2.75) is 31.3 Å². The van der Waals surface area contributed by atoms with Gasteiger partial charge in [-0.3, -0.25) is 4.79 Å². The lowest BCUT2D eigenvalue weighted by molar-refractivity contribution is -0.122. The molecule has 0 unspecified atom stereocenters. The Morgan fingerprint density at radius 3 is 2.85 bits per heavy atom. The van der Waals surface area contributed by atoms with Crippen LogP contribution >= 0.6 is 11.3 Å². The van der Waals surface area contributed by atoms with E-state index in [0.717, 1.165) is 24.3 Å². The third-order valence-corrected chi connectivity index (χ3v) is 5.20. The average molecular weight is 374 g/mol. The second-order valence-corrected chi connectivity index (χ2v) is 7.16. The minimum absolute atomic E-state index is 0.0256. The topological polar surface area (TPSA) is 113 Å². The standard InChI is InChI=1S/C17H22N6O2S/c18-16(25)22-13(14-5-2-9-26-14)10-15(24)21-12-4-1-8-23(11-12)17-19-6-3-7-20-17/h2-3,5-7,9,12-13H,1,4,8,10-11H2,(H,21,24)(H3,18,22,25)/t12-,13-/m0/s1. The number of amides is 3. The fourth-order valence-corrected chi connectivity index (χ4v) is 3.87. The van der Waals surface area contributed by atoms with Gasteiger partial charge < -0.3 is 21.3 Å². The van der Waals surface area contributed by atoms with E-state index in [0.29, 0.717) is 12.5 Å². The summed E-state index contributed by atoms with van der Waals surface area (Å²) in [6, 6.07) is 4.52. The maximum atomic E-state index is 12.5. The van der Waals surface area contributed by atoms with Crippen molar-refractivity contribution in [1.29, 1.82) is 0 Å². The van der Waals surface area contributed by atoms with Gasteiger partial charge >= 0.3 is 6.03 Å². The number of piperidine rings is 1. The van der Waals surface area contributed by atoms with Crippen molar-refractivity contribution in [2.75, 3.05) is 18.0 Å². The zero-order valence-corrected chi connectivity index (χ0v) is 15.1. The number of hydrogen-bond donors (Lipinski definition) is 3. The number of hydrogen-bond acceptors (Lipinski definition) is 6. The predicted octanol–water partition coefficient (Wildman–Crippen LogP) is 1.42. The van der Waals surface area contributed by atoms with E-state index in [1.54, 1.807) is 18.5 Å². The van der Waals surface area contributed by atoms with Crippen LogP contribution in [0, 0.1) is 0 Å². The molecular weight excluding hydrogens is 352 g/mol. The second-order valence-electron chi connectivity index (χ2n) is 6.18. The van der Waals surface area contributed by atoms with Crippen LogP contribution in [0.15, 0.2) is 36.0 Å². The maximum absolute atomic E-state index is 12.5. The number of carbonyl (C=O) groups excluding carboxylic acids is 2. The van der Waals surface area contributed by atoms with Crippen LogP contribution in [0.3, 0.4) is 0 Å². The number of primary amides is 1. The fourth-order valence-electron chi connectivity index (χ4n) is 3.09. The largest absolute Gasteiger partial charge is 0.352 e. The van der Waals surface area contributed by atoms with Crippen LogP contribution in [0.25, 0.3) is 0 Å². The number of urea groups is 1. The van der Waals surface area contributed by atoms with Gasteiger partial charge in [0, 0.05) is 36.4 Å². The Hall–Kier alpha value is -2.68. The van der Waals surface area contributed by atoms with E-state index in [9.17, 15) is 9.59 Å². The molecular formula is C17H22N6O2S. The van der Waals surface area contributed by atoms with E-state index in [2.05, 4.69) is 25.5 Å². The highest BCUT2D eigenvalue weighted by molar-refractivity contribution is 7.10. The highest BCUT2D eigenvalue weighted by Gasteiger charge is 2.25. The van der Waals surface area contributed by atoms with E-state index in [1.807, 2.05) is 17.5 Å². The number of nitrogens with zero attached hydrogens (tertiary/aromatic N) is 3. The Morgan fingerprint density at radius 1 is 1.35 bits per heavy atom. The smallest absolute Gasteiger partial charge is 0.312 e. The van der Waals surface area contributed by atoms with Crippen LogP contribution in [0.1, 0.15) is 30.2 Å². The first-order valence-electron chi connectivity index (χ1n) is 8.52. The first-order chi connectivity index (χ1) is 12.6. The summed E-state index contributed by atoms with van der Waals surface area (Å²) in [5.74, 6) is 0.566. The van der Waals surface area contributed by atoms with Crippen LogP contribution in [0.5, 0.6) is 0 Å². The number of anilines is 1. The SMILES string of the molecule is NC(=O)N[C@@H](CC(=O)N[C@H]1CCCN(c2ncccn2)C1)c1cccs1. The zero-order chi connectivity index (χ0) is 18.4. The van der Waals surface area contributed by atoms with Gasteiger partial charge in [0.15, 0.2) is 0 Å². The molecule has 0 aliphatic carbocycles. The van der Waals surface area contributed by atoms with E-state index in [-0.39, 0.29) is 18.4 Å². The summed E-state index contributed by atoms with van der Waals surface area (Å²) in [6.07, 6.45) is 5.44. The van der Waals surface area contributed by atoms with Gasteiger partial charge in [-0.25, -0.2) is 14.8 Å². The monoisotopic (exact) mass is 374 g/mol. The van der Waals surface area contributed by atoms with Crippen LogP contribution in [-0.2, 0) is 4.79 Å². The minimum Gasteiger partial charge on any atom is -0.352 e. The molecule has 2 aromatic heterocycles. The van der Waals surface area contributed by atoms with Crippen LogP contribution in [0.2, 0.25) is 0 Å². The molecule has 4 N–H and O–H groups in total. The third-order valence-electron chi connectivity index (χ3n) is 4.21. The van der Waals surface area contributed by atoms with Gasteiger partial charge in [0.05, 0.1) is 12.5 Å². The Balaban J connectivity index is 1.57. The van der Waals surface area contributed by atoms with Gasteiger partial charge in [0.25, 0.3) is 0 Å². The molecule has 9 heteroatoms. The molecule has 0 spiro atoms. The lowest BCUT2D eigenvalue weighted by Gasteiger charge is -2.33. The zero-order valence-electron chi connectivity index (χ0n) is 14.3. The summed E-state index contributed by atoms with van der Waals surface area (Å²) in [5, 5.41) is 7.61. The molecule has 0 radical (unpaired) electrons. The van der Waals surface area contributed by atoms with Crippen molar-refractivity contribution in [2.24, 2.45) is 5.73 Å². The van der Waals surface area contributed by atoms with E-state index in [1.165, 1.54) is 11.3 Å². The molecule has 3 heterocycles. The van der Waals surface area contributed by atoms with Crippen molar-refractivity contribution < 1.29 is 9.59 Å². The molecule has 1 aliphatic rings. The van der Waals surface area contributed by atoms with Crippen LogP contribution in [-0.4, -0.2) is 41.0 Å². The van der Waals surface area contributed by atoms with E-state index < -0.39 is 12.1 Å². The second kappa shape index (κ2) is 8.61. The normalized spacial score (nSPS) is 18.2. The predicted molar refractivity (Wildman–Crippen MR) is 99.8 cm³/mol. The third kappa shape index (κ3) is 4.92. The first-order valence-corrected chi connectivity index (χ1v) is 9.40. The summed E-state index contributed by atoms with van der Waals surface area (Å²) in [6.45, 7) is 1.54. The Kier molecular flexibility index (Phi) is 6.00. The number of thiophene rings is 1. The average Bonchev–Trinajstić information content (AvgIpc) is 3.16. The highest BCUT2D eigenvalue weighted by atomic mass is 32.1. The summed E-state index contributed by atoms with van der Waals surface area (Å²) >= 11 is 1.48. The van der Waals surface area contributed by atoms with Gasteiger partial charge in [0.1, 0.15) is 0 Å². The molecule has 1 fully saturated rings. The van der Waals surface area contributed by atoms with E-state index >= 15 is 0 Å². The summed E-state index contributed by atoms with van der Waals surface area (Å²) < 4.78 is 0. The quantitative estimate of drug-likeness (QED) is 0.708. The van der Waals surface area contributed by atoms with Crippen molar-refractivity contribution in [1.82, 2.24) is 20.6 Å². The number of aromatic nitrogens is 2. The van der Waals surface area contributed by atoms with Crippen molar-refractivity contribution >= 4 is 29.2 Å². The fraction of sp³-hybridized carbons (Fsp3) is 0.412. The molecule has 3 rings (SSSR count). The highest BCUT2D eigenvalue weighted by Crippen LogP contribution is 2.22. The van der Waals surface area contributed by atoms with Gasteiger partial charge in [-0.1, -0.05) is 6.07 Å². The molecule has 138 valence electrons. The summed E-state index contributed by atoms with van der Waals surface area (Å²) in [5.41, 5.74) is 5.24. The van der Waals surface area contributed by atoms with Crippen molar-refractivity contribution in [3.63, 3.8) is 0 Å². The Bertz CT molecular complexity index is 724. The van der Waals surface area contributed by atoms with Gasteiger partial charge in [-0.05, 0) is 30.4 Å². The molecule has 3 amide bonds. The number of carbonyl (C=O) groups is 2.